The van der Waals surface area contributed by atoms with Crippen LogP contribution in [0.3, 0.4) is 0 Å². The molecule has 3 fully saturated rings. The van der Waals surface area contributed by atoms with Crippen LogP contribution < -0.4 is 4.74 Å². The van der Waals surface area contributed by atoms with E-state index in [2.05, 4.69) is 9.97 Å². The summed E-state index contributed by atoms with van der Waals surface area (Å²) in [6.45, 7) is 3.64. The molecule has 26 heavy (non-hydrogen) atoms. The zero-order valence-electron chi connectivity index (χ0n) is 14.8. The van der Waals surface area contributed by atoms with Crippen molar-refractivity contribution in [3.8, 4) is 6.01 Å². The van der Waals surface area contributed by atoms with Crippen LogP contribution in [-0.2, 0) is 19.4 Å². The summed E-state index contributed by atoms with van der Waals surface area (Å²) in [7, 11) is -3.25. The largest absolute Gasteiger partial charge is 0.463 e. The molecule has 0 saturated carbocycles. The van der Waals surface area contributed by atoms with Gasteiger partial charge in [0.1, 0.15) is 4.75 Å². The lowest BCUT2D eigenvalue weighted by Crippen LogP contribution is -2.69. The average molecular weight is 381 g/mol. The van der Waals surface area contributed by atoms with E-state index in [1.807, 2.05) is 6.92 Å². The normalized spacial score (nSPS) is 28.9. The Balaban J connectivity index is 1.44. The van der Waals surface area contributed by atoms with Gasteiger partial charge in [-0.1, -0.05) is 0 Å². The van der Waals surface area contributed by atoms with E-state index < -0.39 is 14.6 Å². The second-order valence-corrected chi connectivity index (χ2v) is 9.87. The lowest BCUT2D eigenvalue weighted by molar-refractivity contribution is -0.142. The molecule has 3 aliphatic rings. The van der Waals surface area contributed by atoms with Gasteiger partial charge in [0.05, 0.1) is 24.9 Å². The van der Waals surface area contributed by atoms with E-state index in [1.165, 1.54) is 0 Å². The van der Waals surface area contributed by atoms with Crippen molar-refractivity contribution < 1.29 is 22.7 Å². The number of aromatic nitrogens is 2. The Hall–Kier alpha value is -1.74. The lowest BCUT2D eigenvalue weighted by atomic mass is 9.83. The quantitative estimate of drug-likeness (QED) is 0.735. The first-order valence-corrected chi connectivity index (χ1v) is 10.6. The van der Waals surface area contributed by atoms with E-state index in [0.29, 0.717) is 26.1 Å². The molecule has 2 atom stereocenters. The summed E-state index contributed by atoms with van der Waals surface area (Å²) in [5.41, 5.74) is 0.794. The monoisotopic (exact) mass is 381 g/mol. The van der Waals surface area contributed by atoms with Crippen LogP contribution in [0, 0.1) is 18.8 Å². The summed E-state index contributed by atoms with van der Waals surface area (Å²) >= 11 is 0. The summed E-state index contributed by atoms with van der Waals surface area (Å²) in [5, 5.41) is 0. The summed E-state index contributed by atoms with van der Waals surface area (Å²) in [4.78, 5) is 22.4. The molecule has 0 N–H and O–H groups in total. The SMILES string of the molecule is Cc1ccnc(OC[C@H]2CCS(=O)(=O)C23CN(C(=O)[C@@H]2CCOC2)C3)n1. The van der Waals surface area contributed by atoms with E-state index in [0.717, 1.165) is 5.69 Å². The highest BCUT2D eigenvalue weighted by molar-refractivity contribution is 7.93. The van der Waals surface area contributed by atoms with Gasteiger partial charge >= 0.3 is 6.01 Å². The van der Waals surface area contributed by atoms with Crippen LogP contribution in [0.25, 0.3) is 0 Å². The third-order valence-corrected chi connectivity index (χ3v) is 8.40. The van der Waals surface area contributed by atoms with E-state index in [4.69, 9.17) is 9.47 Å². The molecule has 142 valence electrons. The van der Waals surface area contributed by atoms with Gasteiger partial charge in [0.25, 0.3) is 0 Å². The predicted octanol–water partition coefficient (Wildman–Crippen LogP) is 0.216. The van der Waals surface area contributed by atoms with Crippen LogP contribution in [0.4, 0.5) is 0 Å². The highest BCUT2D eigenvalue weighted by Crippen LogP contribution is 2.45. The molecule has 1 aromatic heterocycles. The molecule has 4 rings (SSSR count). The smallest absolute Gasteiger partial charge is 0.316 e. The topological polar surface area (TPSA) is 98.7 Å². The summed E-state index contributed by atoms with van der Waals surface area (Å²) in [5.74, 6) is -0.131. The van der Waals surface area contributed by atoms with Gasteiger partial charge in [-0.05, 0) is 25.8 Å². The van der Waals surface area contributed by atoms with E-state index in [1.54, 1.807) is 17.2 Å². The van der Waals surface area contributed by atoms with Crippen molar-refractivity contribution in [2.75, 3.05) is 38.7 Å². The Kier molecular flexibility index (Phi) is 4.38. The maximum Gasteiger partial charge on any atom is 0.316 e. The molecule has 0 radical (unpaired) electrons. The van der Waals surface area contributed by atoms with Gasteiger partial charge in [-0.2, -0.15) is 0 Å². The van der Waals surface area contributed by atoms with E-state index >= 15 is 0 Å². The van der Waals surface area contributed by atoms with Gasteiger partial charge in [-0.15, -0.1) is 0 Å². The number of ether oxygens (including phenoxy) is 2. The van der Waals surface area contributed by atoms with Crippen LogP contribution >= 0.6 is 0 Å². The summed E-state index contributed by atoms with van der Waals surface area (Å²) in [6.07, 6.45) is 2.88. The van der Waals surface area contributed by atoms with E-state index in [-0.39, 0.29) is 49.2 Å². The standard InChI is InChI=1S/C17H23N3O5S/c1-12-2-5-18-16(19-12)25-9-14-4-7-26(22,23)17(14)10-20(11-17)15(21)13-3-6-24-8-13/h2,5,13-14H,3-4,6-11H2,1H3/t13-,14-/m1/s1. The van der Waals surface area contributed by atoms with E-state index in [9.17, 15) is 13.2 Å². The molecule has 0 unspecified atom stereocenters. The number of sulfone groups is 1. The maximum absolute atomic E-state index is 12.7. The fourth-order valence-corrected chi connectivity index (χ4v) is 6.52. The Morgan fingerprint density at radius 3 is 2.92 bits per heavy atom. The Labute approximate surface area is 152 Å². The first-order valence-electron chi connectivity index (χ1n) is 8.92. The van der Waals surface area contributed by atoms with Gasteiger partial charge in [-0.25, -0.2) is 18.4 Å². The second kappa shape index (κ2) is 6.45. The average Bonchev–Trinajstić information content (AvgIpc) is 3.17. The van der Waals surface area contributed by atoms with Crippen molar-refractivity contribution in [3.05, 3.63) is 18.0 Å². The molecule has 4 heterocycles. The molecule has 9 heteroatoms. The second-order valence-electron chi connectivity index (χ2n) is 7.42. The molecule has 1 spiro atoms. The number of rotatable bonds is 4. The zero-order valence-corrected chi connectivity index (χ0v) is 15.6. The molecule has 0 aliphatic carbocycles. The third-order valence-electron chi connectivity index (χ3n) is 5.79. The number of aryl methyl sites for hydroxylation is 1. The summed E-state index contributed by atoms with van der Waals surface area (Å²) < 4.78 is 35.4. The molecule has 0 bridgehead atoms. The van der Waals surface area contributed by atoms with Crippen LogP contribution in [-0.4, -0.2) is 72.6 Å². The molecule has 3 aliphatic heterocycles. The number of hydrogen-bond donors (Lipinski definition) is 0. The predicted molar refractivity (Wildman–Crippen MR) is 92.4 cm³/mol. The van der Waals surface area contributed by atoms with Crippen LogP contribution in [0.5, 0.6) is 6.01 Å². The minimum Gasteiger partial charge on any atom is -0.463 e. The maximum atomic E-state index is 12.7. The van der Waals surface area contributed by atoms with Crippen LogP contribution in [0.2, 0.25) is 0 Å². The molecule has 8 nitrogen and oxygen atoms in total. The fraction of sp³-hybridized carbons (Fsp3) is 0.706. The van der Waals surface area contributed by atoms with Crippen molar-refractivity contribution >= 4 is 15.7 Å². The molecule has 1 amide bonds. The van der Waals surface area contributed by atoms with Crippen molar-refractivity contribution in [3.63, 3.8) is 0 Å². The van der Waals surface area contributed by atoms with Crippen LogP contribution in [0.1, 0.15) is 18.5 Å². The first-order chi connectivity index (χ1) is 12.4. The molecule has 1 aromatic rings. The van der Waals surface area contributed by atoms with Gasteiger partial charge in [-0.3, -0.25) is 4.79 Å². The van der Waals surface area contributed by atoms with Crippen molar-refractivity contribution in [2.45, 2.75) is 24.5 Å². The van der Waals surface area contributed by atoms with Gasteiger partial charge in [0.2, 0.25) is 5.91 Å². The number of nitrogens with zero attached hydrogens (tertiary/aromatic N) is 3. The van der Waals surface area contributed by atoms with Gasteiger partial charge in [0.15, 0.2) is 9.84 Å². The number of hydrogen-bond acceptors (Lipinski definition) is 7. The highest BCUT2D eigenvalue weighted by Gasteiger charge is 2.63. The molecular weight excluding hydrogens is 358 g/mol. The van der Waals surface area contributed by atoms with Crippen molar-refractivity contribution in [2.24, 2.45) is 11.8 Å². The van der Waals surface area contributed by atoms with Crippen molar-refractivity contribution in [1.82, 2.24) is 14.9 Å². The first kappa shape index (κ1) is 17.7. The zero-order chi connectivity index (χ0) is 18.4. The molecular formula is C17H23N3O5S. The van der Waals surface area contributed by atoms with Crippen molar-refractivity contribution in [1.29, 1.82) is 0 Å². The number of carbonyl (C=O) groups is 1. The third kappa shape index (κ3) is 2.87. The highest BCUT2D eigenvalue weighted by atomic mass is 32.2. The number of carbonyl (C=O) groups excluding carboxylic acids is 1. The Bertz CT molecular complexity index is 800. The molecule has 0 aromatic carbocycles. The number of amides is 1. The number of likely N-dealkylation sites (tertiary alicyclic amines) is 1. The van der Waals surface area contributed by atoms with Gasteiger partial charge < -0.3 is 14.4 Å². The Morgan fingerprint density at radius 1 is 1.42 bits per heavy atom. The minimum atomic E-state index is -3.25. The molecule has 3 saturated heterocycles. The summed E-state index contributed by atoms with van der Waals surface area (Å²) in [6, 6.07) is 2.04. The fourth-order valence-electron chi connectivity index (χ4n) is 4.12. The lowest BCUT2D eigenvalue weighted by Gasteiger charge is -2.50. The minimum absolute atomic E-state index is 0.0110. The van der Waals surface area contributed by atoms with Gasteiger partial charge in [0, 0.05) is 37.5 Å². The van der Waals surface area contributed by atoms with Crippen LogP contribution in [0.15, 0.2) is 12.3 Å². The Morgan fingerprint density at radius 2 is 2.23 bits per heavy atom.